The van der Waals surface area contributed by atoms with Gasteiger partial charge in [-0.05, 0) is 49.9 Å². The highest BCUT2D eigenvalue weighted by molar-refractivity contribution is 5.97. The third kappa shape index (κ3) is 5.31. The highest BCUT2D eigenvalue weighted by Crippen LogP contribution is 2.42. The number of nitrogens with one attached hydrogen (secondary N) is 1. The van der Waals surface area contributed by atoms with Gasteiger partial charge in [-0.1, -0.05) is 6.58 Å². The minimum absolute atomic E-state index is 0.117. The van der Waals surface area contributed by atoms with Crippen LogP contribution in [0.4, 0.5) is 20.3 Å². The molecule has 11 nitrogen and oxygen atoms in total. The number of likely N-dealkylation sites (tertiary alicyclic amines) is 1. The van der Waals surface area contributed by atoms with Crippen molar-refractivity contribution in [1.82, 2.24) is 34.4 Å². The lowest BCUT2D eigenvalue weighted by Crippen LogP contribution is -2.52. The number of ether oxygens (including phenoxy) is 3. The summed E-state index contributed by atoms with van der Waals surface area (Å²) in [6.07, 6.45) is 4.36. The van der Waals surface area contributed by atoms with Gasteiger partial charge in [0.2, 0.25) is 5.88 Å². The number of halogens is 2. The van der Waals surface area contributed by atoms with Crippen LogP contribution in [0.1, 0.15) is 12.0 Å². The molecule has 0 bridgehead atoms. The summed E-state index contributed by atoms with van der Waals surface area (Å²) < 4.78 is 49.0. The molecule has 1 saturated heterocycles. The summed E-state index contributed by atoms with van der Waals surface area (Å²) in [6, 6.07) is 10.5. The van der Waals surface area contributed by atoms with Gasteiger partial charge in [-0.15, -0.1) is 0 Å². The lowest BCUT2D eigenvalue weighted by molar-refractivity contribution is -0.135. The van der Waals surface area contributed by atoms with E-state index in [1.807, 2.05) is 19.1 Å². The average molecular weight is 561 g/mol. The second kappa shape index (κ2) is 10.6. The van der Waals surface area contributed by atoms with E-state index in [-0.39, 0.29) is 17.9 Å². The Bertz CT molecular complexity index is 1740. The first-order valence-electron chi connectivity index (χ1n) is 12.8. The number of anilines is 2. The van der Waals surface area contributed by atoms with Gasteiger partial charge >= 0.3 is 0 Å². The van der Waals surface area contributed by atoms with Crippen molar-refractivity contribution in [3.8, 4) is 23.1 Å². The minimum atomic E-state index is -3.07. The number of hydrogen-bond donors (Lipinski definition) is 1. The molecule has 0 amide bonds. The molecule has 0 unspecified atom stereocenters. The van der Waals surface area contributed by atoms with Gasteiger partial charge in [-0.2, -0.15) is 5.10 Å². The van der Waals surface area contributed by atoms with Crippen molar-refractivity contribution >= 4 is 28.1 Å². The number of hydrogen-bond acceptors (Lipinski definition) is 10. The van der Waals surface area contributed by atoms with Gasteiger partial charge in [0.25, 0.3) is 5.92 Å². The zero-order valence-corrected chi connectivity index (χ0v) is 22.3. The largest absolute Gasteiger partial charge is 0.479 e. The summed E-state index contributed by atoms with van der Waals surface area (Å²) in [7, 11) is 1.66. The van der Waals surface area contributed by atoms with Gasteiger partial charge in [0.15, 0.2) is 23.3 Å². The Kier molecular flexibility index (Phi) is 6.79. The Morgan fingerprint density at radius 3 is 2.73 bits per heavy atom. The molecular weight excluding hydrogens is 534 g/mol. The van der Waals surface area contributed by atoms with Crippen LogP contribution < -0.4 is 19.5 Å². The molecule has 5 aromatic rings. The molecule has 6 rings (SSSR count). The zero-order chi connectivity index (χ0) is 28.6. The maximum Gasteiger partial charge on any atom is 0.296 e. The average Bonchev–Trinajstić information content (AvgIpc) is 3.41. The summed E-state index contributed by atoms with van der Waals surface area (Å²) in [4.78, 5) is 18.7. The number of fused-ring (bicyclic) bond motifs is 2. The number of aryl methyl sites for hydroxylation is 1. The van der Waals surface area contributed by atoms with Gasteiger partial charge in [0.1, 0.15) is 30.5 Å². The van der Waals surface area contributed by atoms with Crippen LogP contribution in [0.5, 0.6) is 23.1 Å². The Morgan fingerprint density at radius 1 is 1.07 bits per heavy atom. The van der Waals surface area contributed by atoms with Crippen LogP contribution >= 0.6 is 0 Å². The number of rotatable bonds is 8. The molecule has 0 aliphatic carbocycles. The van der Waals surface area contributed by atoms with Crippen molar-refractivity contribution in [3.63, 3.8) is 0 Å². The molecule has 0 radical (unpaired) electrons. The molecule has 1 aliphatic heterocycles. The molecule has 1 atom stereocenters. The van der Waals surface area contributed by atoms with Crippen molar-refractivity contribution in [2.45, 2.75) is 25.4 Å². The van der Waals surface area contributed by atoms with Crippen molar-refractivity contribution in [1.29, 1.82) is 0 Å². The van der Waals surface area contributed by atoms with E-state index in [9.17, 15) is 8.78 Å². The third-order valence-electron chi connectivity index (χ3n) is 6.72. The quantitative estimate of drug-likeness (QED) is 0.256. The van der Waals surface area contributed by atoms with Gasteiger partial charge in [0.05, 0.1) is 23.7 Å². The molecular formula is C28H26F2N8O3. The summed E-state index contributed by atoms with van der Waals surface area (Å²) in [6.45, 7) is 5.57. The second-order valence-corrected chi connectivity index (χ2v) is 9.69. The molecule has 1 N–H and O–H groups in total. The predicted molar refractivity (Wildman–Crippen MR) is 147 cm³/mol. The maximum absolute atomic E-state index is 15.0. The fourth-order valence-corrected chi connectivity index (χ4v) is 4.73. The van der Waals surface area contributed by atoms with Gasteiger partial charge in [-0.3, -0.25) is 0 Å². The summed E-state index contributed by atoms with van der Waals surface area (Å²) in [5.41, 5.74) is 2.60. The van der Waals surface area contributed by atoms with Gasteiger partial charge < -0.3 is 24.4 Å². The van der Waals surface area contributed by atoms with E-state index in [2.05, 4.69) is 36.9 Å². The van der Waals surface area contributed by atoms with Gasteiger partial charge in [-0.25, -0.2) is 33.2 Å². The first kappa shape index (κ1) is 26.3. The molecule has 1 fully saturated rings. The van der Waals surface area contributed by atoms with E-state index in [4.69, 9.17) is 14.2 Å². The van der Waals surface area contributed by atoms with E-state index < -0.39 is 18.6 Å². The predicted octanol–water partition coefficient (Wildman–Crippen LogP) is 5.15. The van der Waals surface area contributed by atoms with Crippen LogP contribution in [0.15, 0.2) is 68.2 Å². The highest BCUT2D eigenvalue weighted by atomic mass is 19.3. The number of aromatic nitrogens is 6. The Labute approximate surface area is 233 Å². The van der Waals surface area contributed by atoms with E-state index >= 15 is 0 Å². The molecule has 2 aromatic carbocycles. The highest BCUT2D eigenvalue weighted by Gasteiger charge is 2.46. The third-order valence-corrected chi connectivity index (χ3v) is 6.72. The fraction of sp³-hybridized carbons (Fsp3) is 0.250. The normalized spacial score (nSPS) is 16.9. The van der Waals surface area contributed by atoms with E-state index in [0.717, 1.165) is 5.56 Å². The SMILES string of the molecule is C=COc1ccc2ncnc(Nc3ccc(Oc4cc5ncnn5cn4)c(C)c3)c2c1O[C@H]1CCN(C)CC1(F)F. The number of alkyl halides is 2. The van der Waals surface area contributed by atoms with Crippen LogP contribution in [0.2, 0.25) is 0 Å². The first-order chi connectivity index (χ1) is 19.8. The smallest absolute Gasteiger partial charge is 0.296 e. The van der Waals surface area contributed by atoms with E-state index in [1.54, 1.807) is 36.2 Å². The first-order valence-corrected chi connectivity index (χ1v) is 12.8. The van der Waals surface area contributed by atoms with Gasteiger partial charge in [0, 0.05) is 24.7 Å². The van der Waals surface area contributed by atoms with E-state index in [1.165, 1.54) is 29.8 Å². The number of benzene rings is 2. The topological polar surface area (TPSA) is 112 Å². The number of nitrogens with zero attached hydrogens (tertiary/aromatic N) is 7. The molecule has 4 heterocycles. The Hall–Kier alpha value is -4.91. The molecule has 0 saturated carbocycles. The number of piperidine rings is 1. The van der Waals surface area contributed by atoms with Crippen LogP contribution in [0.25, 0.3) is 16.6 Å². The van der Waals surface area contributed by atoms with Crippen LogP contribution in [0.3, 0.4) is 0 Å². The molecule has 13 heteroatoms. The monoisotopic (exact) mass is 560 g/mol. The Balaban J connectivity index is 1.32. The Morgan fingerprint density at radius 2 is 1.93 bits per heavy atom. The lowest BCUT2D eigenvalue weighted by Gasteiger charge is -2.36. The molecule has 0 spiro atoms. The summed E-state index contributed by atoms with van der Waals surface area (Å²) in [5.74, 6) is -1.39. The second-order valence-electron chi connectivity index (χ2n) is 9.69. The standard InChI is InChI=1S/C28H26F2N8O3/c1-4-39-21-8-6-19-25(26(21)41-22-9-10-37(3)13-28(22,29)30)27(33-14-31-19)36-18-5-7-20(17(2)11-18)40-24-12-23-32-15-35-38(23)16-34-24/h4-8,11-12,14-16,22H,1,9-10,13H2,2-3H3,(H,31,33,36)/t22-/m0/s1. The molecule has 3 aromatic heterocycles. The van der Waals surface area contributed by atoms with Crippen molar-refractivity contribution in [2.24, 2.45) is 0 Å². The van der Waals surface area contributed by atoms with Crippen molar-refractivity contribution in [3.05, 3.63) is 73.8 Å². The van der Waals surface area contributed by atoms with Crippen LogP contribution in [-0.4, -0.2) is 66.6 Å². The molecule has 41 heavy (non-hydrogen) atoms. The maximum atomic E-state index is 15.0. The summed E-state index contributed by atoms with van der Waals surface area (Å²) >= 11 is 0. The van der Waals surface area contributed by atoms with Crippen molar-refractivity contribution in [2.75, 3.05) is 25.5 Å². The minimum Gasteiger partial charge on any atom is -0.479 e. The van der Waals surface area contributed by atoms with Crippen molar-refractivity contribution < 1.29 is 23.0 Å². The molecule has 1 aliphatic rings. The molecule has 210 valence electrons. The summed E-state index contributed by atoms with van der Waals surface area (Å²) in [5, 5.41) is 7.71. The fourth-order valence-electron chi connectivity index (χ4n) is 4.73. The lowest BCUT2D eigenvalue weighted by atomic mass is 10.0. The van der Waals surface area contributed by atoms with Crippen LogP contribution in [-0.2, 0) is 0 Å². The van der Waals surface area contributed by atoms with Crippen LogP contribution in [0, 0.1) is 6.92 Å². The van der Waals surface area contributed by atoms with E-state index in [0.29, 0.717) is 46.2 Å². The zero-order valence-electron chi connectivity index (χ0n) is 22.3.